The minimum Gasteiger partial charge on any atom is -0.339 e. The van der Waals surface area contributed by atoms with Crippen LogP contribution in [0.2, 0.25) is 0 Å². The van der Waals surface area contributed by atoms with Crippen LogP contribution in [-0.4, -0.2) is 34.5 Å². The van der Waals surface area contributed by atoms with Crippen molar-refractivity contribution in [1.29, 1.82) is 0 Å². The Hall–Kier alpha value is -2.77. The van der Waals surface area contributed by atoms with E-state index in [0.717, 1.165) is 5.56 Å². The first-order valence-corrected chi connectivity index (χ1v) is 7.64. The van der Waals surface area contributed by atoms with E-state index in [1.807, 2.05) is 6.92 Å². The summed E-state index contributed by atoms with van der Waals surface area (Å²) in [7, 11) is 0. The fourth-order valence-electron chi connectivity index (χ4n) is 2.69. The average molecular weight is 332 g/mol. The van der Waals surface area contributed by atoms with E-state index in [1.165, 1.54) is 11.0 Å². The van der Waals surface area contributed by atoms with Crippen LogP contribution in [0.5, 0.6) is 0 Å². The highest BCUT2D eigenvalue weighted by Gasteiger charge is 2.33. The maximum absolute atomic E-state index is 14.1. The van der Waals surface area contributed by atoms with Crippen LogP contribution in [0, 0.1) is 19.7 Å². The number of aryl methyl sites for hydroxylation is 2. The van der Waals surface area contributed by atoms with Crippen LogP contribution in [0.25, 0.3) is 0 Å². The molecule has 2 aromatic rings. The molecule has 1 N–H and O–H groups in total. The summed E-state index contributed by atoms with van der Waals surface area (Å²) in [6.45, 7) is 3.81. The predicted octanol–water partition coefficient (Wildman–Crippen LogP) is 1.75. The summed E-state index contributed by atoms with van der Waals surface area (Å²) in [5.74, 6) is -1.26. The first kappa shape index (κ1) is 16.1. The van der Waals surface area contributed by atoms with Gasteiger partial charge in [0.25, 0.3) is 11.7 Å². The molecule has 0 unspecified atom stereocenters. The molecule has 1 aromatic heterocycles. The quantitative estimate of drug-likeness (QED) is 0.925. The van der Waals surface area contributed by atoms with E-state index < -0.39 is 17.8 Å². The molecule has 1 aromatic carbocycles. The molecule has 1 atom stereocenters. The van der Waals surface area contributed by atoms with Gasteiger partial charge in [-0.2, -0.15) is 4.98 Å². The molecule has 2 heterocycles. The van der Waals surface area contributed by atoms with Crippen LogP contribution < -0.4 is 10.2 Å². The molecule has 0 radical (unpaired) electrons. The maximum atomic E-state index is 14.1. The van der Waals surface area contributed by atoms with Crippen molar-refractivity contribution < 1.29 is 18.5 Å². The Morgan fingerprint density at radius 1 is 1.42 bits per heavy atom. The van der Waals surface area contributed by atoms with Crippen LogP contribution in [-0.2, 0) is 4.79 Å². The Morgan fingerprint density at radius 3 is 2.92 bits per heavy atom. The lowest BCUT2D eigenvalue weighted by molar-refractivity contribution is -0.121. The first-order chi connectivity index (χ1) is 11.5. The molecule has 1 fully saturated rings. The highest BCUT2D eigenvalue weighted by atomic mass is 19.1. The van der Waals surface area contributed by atoms with Crippen molar-refractivity contribution in [2.24, 2.45) is 0 Å². The lowest BCUT2D eigenvalue weighted by Gasteiger charge is -2.32. The van der Waals surface area contributed by atoms with E-state index in [1.54, 1.807) is 19.1 Å². The van der Waals surface area contributed by atoms with Gasteiger partial charge in [-0.3, -0.25) is 9.59 Å². The second-order valence-electron chi connectivity index (χ2n) is 5.75. The van der Waals surface area contributed by atoms with Gasteiger partial charge in [-0.15, -0.1) is 0 Å². The SMILES string of the molecule is Cc1ccc(F)c(N2CCC[C@@H](NC(=O)c3noc(C)n3)C2=O)c1. The third-order valence-corrected chi connectivity index (χ3v) is 3.87. The second kappa shape index (κ2) is 6.38. The van der Waals surface area contributed by atoms with Gasteiger partial charge in [0, 0.05) is 13.5 Å². The van der Waals surface area contributed by atoms with Crippen molar-refractivity contribution in [3.63, 3.8) is 0 Å². The molecular formula is C16H17FN4O3. The summed E-state index contributed by atoms with van der Waals surface area (Å²) >= 11 is 0. The van der Waals surface area contributed by atoms with Gasteiger partial charge < -0.3 is 14.7 Å². The number of nitrogens with one attached hydrogen (secondary N) is 1. The summed E-state index contributed by atoms with van der Waals surface area (Å²) in [5.41, 5.74) is 1.09. The number of hydrogen-bond acceptors (Lipinski definition) is 5. The smallest absolute Gasteiger partial charge is 0.293 e. The van der Waals surface area contributed by atoms with E-state index in [9.17, 15) is 14.0 Å². The standard InChI is InChI=1S/C16H17FN4O3/c1-9-5-6-11(17)13(8-9)21-7-3-4-12(16(21)23)19-15(22)14-18-10(2)24-20-14/h5-6,8,12H,3-4,7H2,1-2H3,(H,19,22)/t12-/m1/s1. The first-order valence-electron chi connectivity index (χ1n) is 7.64. The van der Waals surface area contributed by atoms with Crippen LogP contribution >= 0.6 is 0 Å². The summed E-state index contributed by atoms with van der Waals surface area (Å²) < 4.78 is 18.8. The van der Waals surface area contributed by atoms with E-state index >= 15 is 0 Å². The Morgan fingerprint density at radius 2 is 2.21 bits per heavy atom. The number of aromatic nitrogens is 2. The van der Waals surface area contributed by atoms with Crippen LogP contribution in [0.4, 0.5) is 10.1 Å². The number of benzene rings is 1. The van der Waals surface area contributed by atoms with Gasteiger partial charge in [-0.05, 0) is 37.5 Å². The summed E-state index contributed by atoms with van der Waals surface area (Å²) in [6.07, 6.45) is 1.13. The molecule has 1 aliphatic heterocycles. The van der Waals surface area contributed by atoms with Crippen molar-refractivity contribution >= 4 is 17.5 Å². The fourth-order valence-corrected chi connectivity index (χ4v) is 2.69. The van der Waals surface area contributed by atoms with E-state index in [2.05, 4.69) is 15.5 Å². The van der Waals surface area contributed by atoms with E-state index in [-0.39, 0.29) is 23.3 Å². The molecule has 3 rings (SSSR count). The lowest BCUT2D eigenvalue weighted by Crippen LogP contribution is -2.52. The molecule has 0 bridgehead atoms. The topological polar surface area (TPSA) is 88.3 Å². The number of rotatable bonds is 3. The normalized spacial score (nSPS) is 17.9. The number of carbonyl (C=O) groups is 2. The number of hydrogen-bond donors (Lipinski definition) is 1. The molecule has 1 saturated heterocycles. The van der Waals surface area contributed by atoms with Gasteiger partial charge in [0.05, 0.1) is 5.69 Å². The third-order valence-electron chi connectivity index (χ3n) is 3.87. The number of halogens is 1. The maximum Gasteiger partial charge on any atom is 0.293 e. The van der Waals surface area contributed by atoms with Gasteiger partial charge in [0.1, 0.15) is 11.9 Å². The third kappa shape index (κ3) is 3.12. The van der Waals surface area contributed by atoms with Gasteiger partial charge in [-0.1, -0.05) is 11.2 Å². The van der Waals surface area contributed by atoms with Gasteiger partial charge in [0.2, 0.25) is 11.8 Å². The molecule has 2 amide bonds. The zero-order valence-corrected chi connectivity index (χ0v) is 13.4. The molecule has 7 nitrogen and oxygen atoms in total. The van der Waals surface area contributed by atoms with Crippen LogP contribution in [0.1, 0.15) is 34.9 Å². The Bertz CT molecular complexity index is 789. The molecule has 126 valence electrons. The number of anilines is 1. The van der Waals surface area contributed by atoms with Crippen LogP contribution in [0.3, 0.4) is 0 Å². The molecule has 0 aliphatic carbocycles. The zero-order valence-electron chi connectivity index (χ0n) is 13.4. The van der Waals surface area contributed by atoms with Crippen molar-refractivity contribution in [3.8, 4) is 0 Å². The molecule has 8 heteroatoms. The summed E-state index contributed by atoms with van der Waals surface area (Å²) in [6, 6.07) is 3.86. The number of piperidine rings is 1. The molecular weight excluding hydrogens is 315 g/mol. The average Bonchev–Trinajstić information content (AvgIpc) is 2.98. The number of carbonyl (C=O) groups excluding carboxylic acids is 2. The molecule has 0 spiro atoms. The molecule has 24 heavy (non-hydrogen) atoms. The highest BCUT2D eigenvalue weighted by Crippen LogP contribution is 2.25. The monoisotopic (exact) mass is 332 g/mol. The Balaban J connectivity index is 1.77. The molecule has 0 saturated carbocycles. The van der Waals surface area contributed by atoms with Crippen molar-refractivity contribution in [3.05, 3.63) is 41.3 Å². The second-order valence-corrected chi connectivity index (χ2v) is 5.75. The summed E-state index contributed by atoms with van der Waals surface area (Å²) in [4.78, 5) is 29.9. The van der Waals surface area contributed by atoms with Crippen LogP contribution in [0.15, 0.2) is 22.7 Å². The zero-order chi connectivity index (χ0) is 17.3. The highest BCUT2D eigenvalue weighted by molar-refractivity contribution is 6.01. The Labute approximate surface area is 137 Å². The number of nitrogens with zero attached hydrogens (tertiary/aromatic N) is 3. The fraction of sp³-hybridized carbons (Fsp3) is 0.375. The van der Waals surface area contributed by atoms with Crippen molar-refractivity contribution in [2.75, 3.05) is 11.4 Å². The van der Waals surface area contributed by atoms with Crippen molar-refractivity contribution in [1.82, 2.24) is 15.5 Å². The number of amides is 2. The van der Waals surface area contributed by atoms with Gasteiger partial charge in [-0.25, -0.2) is 4.39 Å². The Kier molecular flexibility index (Phi) is 4.28. The minimum absolute atomic E-state index is 0.126. The predicted molar refractivity (Wildman–Crippen MR) is 83.0 cm³/mol. The lowest BCUT2D eigenvalue weighted by atomic mass is 10.0. The van der Waals surface area contributed by atoms with Crippen molar-refractivity contribution in [2.45, 2.75) is 32.7 Å². The van der Waals surface area contributed by atoms with Gasteiger partial charge in [0.15, 0.2) is 0 Å². The van der Waals surface area contributed by atoms with E-state index in [4.69, 9.17) is 4.52 Å². The van der Waals surface area contributed by atoms with Gasteiger partial charge >= 0.3 is 0 Å². The molecule has 1 aliphatic rings. The summed E-state index contributed by atoms with van der Waals surface area (Å²) in [5, 5.41) is 6.12. The largest absolute Gasteiger partial charge is 0.339 e. The minimum atomic E-state index is -0.745. The van der Waals surface area contributed by atoms with E-state index in [0.29, 0.717) is 19.4 Å².